The minimum atomic E-state index is -0.887. The molecule has 4 saturated heterocycles. The number of pyridine rings is 1. The summed E-state index contributed by atoms with van der Waals surface area (Å²) in [5.74, 6) is -0.259. The Hall–Kier alpha value is -2.53. The molecule has 0 N–H and O–H groups in total. The second-order valence-electron chi connectivity index (χ2n) is 12.7. The molecule has 4 aliphatic heterocycles. The number of ether oxygens (including phenoxy) is 2. The number of fused-ring (bicyclic) bond motifs is 4. The average molecular weight is 565 g/mol. The molecule has 4 fully saturated rings. The molecule has 0 unspecified atom stereocenters. The molecule has 4 atom stereocenters. The molecular formula is C27H35ClF2N6O3. The highest BCUT2D eigenvalue weighted by Crippen LogP contribution is 2.43. The number of rotatable bonds is 4. The van der Waals surface area contributed by atoms with Crippen molar-refractivity contribution in [3.05, 3.63) is 17.2 Å². The maximum Gasteiger partial charge on any atom is 0.411 e. The van der Waals surface area contributed by atoms with Gasteiger partial charge in [-0.05, 0) is 59.9 Å². The Bertz CT molecular complexity index is 1310. The van der Waals surface area contributed by atoms with Crippen molar-refractivity contribution in [2.45, 2.75) is 88.7 Å². The third kappa shape index (κ3) is 4.65. The largest absolute Gasteiger partial charge is 0.461 e. The van der Waals surface area contributed by atoms with Crippen molar-refractivity contribution in [2.75, 3.05) is 37.7 Å². The smallest absolute Gasteiger partial charge is 0.411 e. The summed E-state index contributed by atoms with van der Waals surface area (Å²) >= 11 is 6.02. The first-order valence-electron chi connectivity index (χ1n) is 13.7. The lowest BCUT2D eigenvalue weighted by Crippen LogP contribution is -2.63. The molecule has 12 heteroatoms. The van der Waals surface area contributed by atoms with Crippen LogP contribution in [0.4, 0.5) is 19.4 Å². The second kappa shape index (κ2) is 9.26. The van der Waals surface area contributed by atoms with Gasteiger partial charge in [-0.25, -0.2) is 18.6 Å². The fraction of sp³-hybridized carbons (Fsp3) is 0.704. The standard InChI is InChI=1S/C27H35ClF2N6O3/c1-25(2,3)39-24(37)36-17-6-8-26(36,4)14-34(13-17)22-18-11-31-21(28)19(30)20(18)32-23(33-22)38-15-27-7-5-9-35(27)12-16(29)10-27/h11,16-17H,5-10,12-15H2,1-4H3/t16-,17+,26-,27+/m0/s1. The summed E-state index contributed by atoms with van der Waals surface area (Å²) in [5, 5.41) is 0.139. The topological polar surface area (TPSA) is 83.9 Å². The van der Waals surface area contributed by atoms with Crippen LogP contribution < -0.4 is 9.64 Å². The zero-order valence-electron chi connectivity index (χ0n) is 22.8. The minimum absolute atomic E-state index is 0.0225. The van der Waals surface area contributed by atoms with Crippen molar-refractivity contribution in [2.24, 2.45) is 0 Å². The van der Waals surface area contributed by atoms with Gasteiger partial charge in [0.25, 0.3) is 0 Å². The number of carbonyl (C=O) groups is 1. The van der Waals surface area contributed by atoms with Crippen LogP contribution in [0.2, 0.25) is 5.15 Å². The molecule has 39 heavy (non-hydrogen) atoms. The number of nitrogens with zero attached hydrogens (tertiary/aromatic N) is 6. The first-order valence-corrected chi connectivity index (χ1v) is 14.1. The molecule has 2 aromatic heterocycles. The van der Waals surface area contributed by atoms with Crippen LogP contribution in [0, 0.1) is 5.82 Å². The number of hydrogen-bond donors (Lipinski definition) is 0. The van der Waals surface area contributed by atoms with Crippen LogP contribution >= 0.6 is 11.6 Å². The summed E-state index contributed by atoms with van der Waals surface area (Å²) in [6, 6.07) is -0.0710. The number of aromatic nitrogens is 3. The van der Waals surface area contributed by atoms with Gasteiger partial charge in [0.15, 0.2) is 11.0 Å². The van der Waals surface area contributed by atoms with Crippen molar-refractivity contribution >= 4 is 34.4 Å². The predicted octanol–water partition coefficient (Wildman–Crippen LogP) is 4.75. The van der Waals surface area contributed by atoms with Crippen molar-refractivity contribution in [3.8, 4) is 6.01 Å². The van der Waals surface area contributed by atoms with Crippen molar-refractivity contribution in [3.63, 3.8) is 0 Å². The fourth-order valence-electron chi connectivity index (χ4n) is 7.02. The predicted molar refractivity (Wildman–Crippen MR) is 143 cm³/mol. The Morgan fingerprint density at radius 3 is 2.79 bits per heavy atom. The van der Waals surface area contributed by atoms with E-state index in [2.05, 4.69) is 19.8 Å². The van der Waals surface area contributed by atoms with Crippen LogP contribution in [0.3, 0.4) is 0 Å². The van der Waals surface area contributed by atoms with Gasteiger partial charge in [-0.3, -0.25) is 9.80 Å². The summed E-state index contributed by atoms with van der Waals surface area (Å²) in [6.45, 7) is 10.1. The Morgan fingerprint density at radius 1 is 1.26 bits per heavy atom. The van der Waals surface area contributed by atoms with Crippen LogP contribution in [0.15, 0.2) is 6.20 Å². The van der Waals surface area contributed by atoms with Gasteiger partial charge >= 0.3 is 12.1 Å². The van der Waals surface area contributed by atoms with E-state index in [1.807, 2.05) is 32.6 Å². The van der Waals surface area contributed by atoms with E-state index in [9.17, 15) is 9.18 Å². The molecule has 2 aromatic rings. The van der Waals surface area contributed by atoms with Crippen LogP contribution in [-0.2, 0) is 4.74 Å². The molecule has 9 nitrogen and oxygen atoms in total. The molecule has 6 rings (SSSR count). The normalized spacial score (nSPS) is 30.7. The van der Waals surface area contributed by atoms with E-state index in [4.69, 9.17) is 26.1 Å². The Balaban J connectivity index is 1.32. The molecule has 0 aromatic carbocycles. The van der Waals surface area contributed by atoms with E-state index >= 15 is 4.39 Å². The van der Waals surface area contributed by atoms with Gasteiger partial charge < -0.3 is 14.4 Å². The van der Waals surface area contributed by atoms with Crippen molar-refractivity contribution in [1.29, 1.82) is 0 Å². The van der Waals surface area contributed by atoms with E-state index in [1.54, 1.807) is 0 Å². The third-order valence-corrected chi connectivity index (χ3v) is 8.91. The molecule has 2 bridgehead atoms. The summed E-state index contributed by atoms with van der Waals surface area (Å²) < 4.78 is 41.3. The molecule has 212 valence electrons. The second-order valence-corrected chi connectivity index (χ2v) is 13.1. The summed E-state index contributed by atoms with van der Waals surface area (Å²) in [7, 11) is 0. The highest BCUT2D eigenvalue weighted by molar-refractivity contribution is 6.30. The van der Waals surface area contributed by atoms with Gasteiger partial charge in [-0.15, -0.1) is 0 Å². The molecule has 0 saturated carbocycles. The number of alkyl halides is 1. The maximum atomic E-state index is 15.2. The van der Waals surface area contributed by atoms with E-state index in [0.29, 0.717) is 37.3 Å². The molecule has 6 heterocycles. The minimum Gasteiger partial charge on any atom is -0.461 e. The van der Waals surface area contributed by atoms with Crippen molar-refractivity contribution in [1.82, 2.24) is 24.8 Å². The van der Waals surface area contributed by atoms with Crippen LogP contribution in [0.1, 0.15) is 59.8 Å². The Kier molecular flexibility index (Phi) is 6.33. The van der Waals surface area contributed by atoms with Gasteiger partial charge in [0.1, 0.15) is 29.7 Å². The molecule has 4 aliphatic rings. The van der Waals surface area contributed by atoms with Crippen LogP contribution in [-0.4, -0.2) is 92.5 Å². The third-order valence-electron chi connectivity index (χ3n) is 8.65. The Morgan fingerprint density at radius 2 is 2.05 bits per heavy atom. The highest BCUT2D eigenvalue weighted by atomic mass is 35.5. The zero-order chi connectivity index (χ0) is 27.7. The summed E-state index contributed by atoms with van der Waals surface area (Å²) in [4.78, 5) is 32.3. The average Bonchev–Trinajstić information content (AvgIpc) is 3.44. The fourth-order valence-corrected chi connectivity index (χ4v) is 7.16. The van der Waals surface area contributed by atoms with E-state index in [1.165, 1.54) is 6.20 Å². The molecule has 0 aliphatic carbocycles. The highest BCUT2D eigenvalue weighted by Gasteiger charge is 2.53. The molecular weight excluding hydrogens is 530 g/mol. The molecule has 1 amide bonds. The lowest BCUT2D eigenvalue weighted by atomic mass is 9.95. The van der Waals surface area contributed by atoms with Gasteiger partial charge in [0, 0.05) is 32.3 Å². The number of anilines is 1. The lowest BCUT2D eigenvalue weighted by Gasteiger charge is -2.47. The first kappa shape index (κ1) is 26.7. The number of amides is 1. The maximum absolute atomic E-state index is 15.2. The SMILES string of the molecule is CC(C)(C)OC(=O)N1[C@@H]2CC[C@@]1(C)CN(c1nc(OC[C@]34CCCN3C[C@@H](F)C4)nc3c(F)c(Cl)ncc13)C2. The van der Waals surface area contributed by atoms with E-state index < -0.39 is 28.7 Å². The van der Waals surface area contributed by atoms with Gasteiger partial charge in [-0.2, -0.15) is 9.97 Å². The van der Waals surface area contributed by atoms with E-state index in [-0.39, 0.29) is 35.4 Å². The number of hydrogen-bond acceptors (Lipinski definition) is 8. The lowest BCUT2D eigenvalue weighted by molar-refractivity contribution is -0.00280. The molecule has 0 spiro atoms. The zero-order valence-corrected chi connectivity index (χ0v) is 23.6. The van der Waals surface area contributed by atoms with Gasteiger partial charge in [-0.1, -0.05) is 11.6 Å². The van der Waals surface area contributed by atoms with E-state index in [0.717, 1.165) is 32.2 Å². The summed E-state index contributed by atoms with van der Waals surface area (Å²) in [6.07, 6.45) is 4.12. The first-order chi connectivity index (χ1) is 18.4. The van der Waals surface area contributed by atoms with Crippen molar-refractivity contribution < 1.29 is 23.0 Å². The summed E-state index contributed by atoms with van der Waals surface area (Å²) in [5.41, 5.74) is -1.46. The number of piperazine rings is 1. The monoisotopic (exact) mass is 564 g/mol. The Labute approximate surface area is 231 Å². The number of carbonyl (C=O) groups excluding carboxylic acids is 1. The quantitative estimate of drug-likeness (QED) is 0.492. The molecule has 0 radical (unpaired) electrons. The van der Waals surface area contributed by atoms with Gasteiger partial charge in [0.05, 0.1) is 22.5 Å². The number of halogens is 3. The van der Waals surface area contributed by atoms with Gasteiger partial charge in [0.2, 0.25) is 0 Å². The van der Waals surface area contributed by atoms with Crippen LogP contribution in [0.25, 0.3) is 10.9 Å². The van der Waals surface area contributed by atoms with Crippen LogP contribution in [0.5, 0.6) is 6.01 Å².